The number of aromatic nitrogens is 2. The number of aryl methyl sites for hydroxylation is 1. The minimum Gasteiger partial charge on any atom is -0.356 e. The minimum absolute atomic E-state index is 0.0301. The lowest BCUT2D eigenvalue weighted by Crippen LogP contribution is -2.35. The fourth-order valence-electron chi connectivity index (χ4n) is 4.44. The van der Waals surface area contributed by atoms with Gasteiger partial charge in [-0.2, -0.15) is 4.31 Å². The molecule has 1 aromatic carbocycles. The van der Waals surface area contributed by atoms with Gasteiger partial charge in [0.05, 0.1) is 22.3 Å². The number of nitrogens with one attached hydrogen (secondary N) is 1. The molecule has 2 heterocycles. The number of hydrogen-bond donors (Lipinski definition) is 1. The Labute approximate surface area is 184 Å². The van der Waals surface area contributed by atoms with Gasteiger partial charge in [0.25, 0.3) is 0 Å². The topological polar surface area (TPSA) is 84.3 Å². The number of rotatable bonds is 8. The fraction of sp³-hybridized carbons (Fsp3) is 0.565. The van der Waals surface area contributed by atoms with Gasteiger partial charge >= 0.3 is 0 Å². The van der Waals surface area contributed by atoms with E-state index < -0.39 is 10.0 Å². The number of carbonyl (C=O) groups excluding carboxylic acids is 1. The van der Waals surface area contributed by atoms with Gasteiger partial charge in [0.1, 0.15) is 0 Å². The van der Waals surface area contributed by atoms with Crippen LogP contribution in [0.15, 0.2) is 41.1 Å². The van der Waals surface area contributed by atoms with Gasteiger partial charge in [0.2, 0.25) is 15.9 Å². The second kappa shape index (κ2) is 9.96. The Morgan fingerprint density at radius 3 is 2.71 bits per heavy atom. The maximum atomic E-state index is 12.9. The van der Waals surface area contributed by atoms with Crippen LogP contribution < -0.4 is 5.32 Å². The first-order valence-corrected chi connectivity index (χ1v) is 12.9. The van der Waals surface area contributed by atoms with Crippen LogP contribution in [0.1, 0.15) is 57.8 Å². The van der Waals surface area contributed by atoms with Crippen LogP contribution in [0.2, 0.25) is 0 Å². The van der Waals surface area contributed by atoms with Crippen molar-refractivity contribution in [3.63, 3.8) is 0 Å². The smallest absolute Gasteiger partial charge is 0.243 e. The summed E-state index contributed by atoms with van der Waals surface area (Å²) in [5, 5.41) is 3.01. The van der Waals surface area contributed by atoms with E-state index in [4.69, 9.17) is 0 Å². The Bertz CT molecular complexity index is 1050. The summed E-state index contributed by atoms with van der Waals surface area (Å²) in [6, 6.07) is 5.10. The third-order valence-electron chi connectivity index (χ3n) is 6.28. The summed E-state index contributed by atoms with van der Waals surface area (Å²) in [6.07, 6.45) is 13.1. The van der Waals surface area contributed by atoms with Gasteiger partial charge in [0, 0.05) is 32.6 Å². The highest BCUT2D eigenvalue weighted by molar-refractivity contribution is 7.89. The van der Waals surface area contributed by atoms with E-state index in [0.717, 1.165) is 44.0 Å². The molecule has 31 heavy (non-hydrogen) atoms. The summed E-state index contributed by atoms with van der Waals surface area (Å²) < 4.78 is 29.3. The molecule has 0 atom stereocenters. The van der Waals surface area contributed by atoms with Crippen LogP contribution in [0.4, 0.5) is 0 Å². The number of allylic oxidation sites excluding steroid dienone is 1. The van der Waals surface area contributed by atoms with Crippen molar-refractivity contribution in [3.05, 3.63) is 36.2 Å². The molecule has 0 unspecified atom stereocenters. The molecule has 1 aromatic heterocycles. The normalized spacial score (nSPS) is 18.1. The van der Waals surface area contributed by atoms with Gasteiger partial charge in [-0.15, -0.1) is 0 Å². The van der Waals surface area contributed by atoms with Gasteiger partial charge < -0.3 is 9.88 Å². The highest BCUT2D eigenvalue weighted by Gasteiger charge is 2.26. The Hall–Kier alpha value is -2.19. The molecule has 0 radical (unpaired) electrons. The van der Waals surface area contributed by atoms with Gasteiger partial charge in [-0.25, -0.2) is 13.4 Å². The van der Waals surface area contributed by atoms with Crippen molar-refractivity contribution in [1.29, 1.82) is 0 Å². The molecule has 1 fully saturated rings. The molecule has 8 heteroatoms. The third-order valence-corrected chi connectivity index (χ3v) is 8.17. The standard InChI is InChI=1S/C23H32N4O3S/c28-23(24-13-11-19-7-3-1-4-8-19)12-16-26-18-25-21-17-20(9-10-22(21)26)31(29,30)27-14-5-2-6-15-27/h7,9-10,17-18H,1-6,8,11-16H2,(H,24,28). The molecule has 1 N–H and O–H groups in total. The first kappa shape index (κ1) is 22.0. The quantitative estimate of drug-likeness (QED) is 0.631. The average molecular weight is 445 g/mol. The van der Waals surface area contributed by atoms with Crippen LogP contribution in [0, 0.1) is 0 Å². The number of hydrogen-bond acceptors (Lipinski definition) is 4. The summed E-state index contributed by atoms with van der Waals surface area (Å²) in [5.74, 6) is 0.0301. The number of benzene rings is 1. The number of imidazole rings is 1. The molecule has 2 aromatic rings. The SMILES string of the molecule is O=C(CCn1cnc2cc(S(=O)(=O)N3CCCCC3)ccc21)NCCC1=CCCCC1. The fourth-order valence-corrected chi connectivity index (χ4v) is 5.98. The van der Waals surface area contributed by atoms with Crippen molar-refractivity contribution in [1.82, 2.24) is 19.2 Å². The average Bonchev–Trinajstić information content (AvgIpc) is 3.21. The van der Waals surface area contributed by atoms with Crippen molar-refractivity contribution in [2.75, 3.05) is 19.6 Å². The summed E-state index contributed by atoms with van der Waals surface area (Å²) >= 11 is 0. The molecule has 0 spiro atoms. The monoisotopic (exact) mass is 444 g/mol. The van der Waals surface area contributed by atoms with Crippen LogP contribution >= 0.6 is 0 Å². The number of carbonyl (C=O) groups is 1. The predicted octanol–water partition coefficient (Wildman–Crippen LogP) is 3.61. The van der Waals surface area contributed by atoms with Gasteiger partial charge in [-0.1, -0.05) is 18.1 Å². The van der Waals surface area contributed by atoms with E-state index in [9.17, 15) is 13.2 Å². The van der Waals surface area contributed by atoms with Crippen molar-refractivity contribution in [2.45, 2.75) is 69.2 Å². The van der Waals surface area contributed by atoms with Gasteiger partial charge in [-0.3, -0.25) is 4.79 Å². The molecular formula is C23H32N4O3S. The highest BCUT2D eigenvalue weighted by Crippen LogP contribution is 2.24. The number of fused-ring (bicyclic) bond motifs is 1. The first-order chi connectivity index (χ1) is 15.0. The number of nitrogens with zero attached hydrogens (tertiary/aromatic N) is 3. The van der Waals surface area contributed by atoms with Gasteiger partial charge in [0.15, 0.2) is 0 Å². The maximum Gasteiger partial charge on any atom is 0.243 e. The van der Waals surface area contributed by atoms with E-state index in [1.54, 1.807) is 28.8 Å². The van der Waals surface area contributed by atoms with E-state index in [2.05, 4.69) is 16.4 Å². The molecule has 168 valence electrons. The van der Waals surface area contributed by atoms with E-state index >= 15 is 0 Å². The molecule has 7 nitrogen and oxygen atoms in total. The minimum atomic E-state index is -3.47. The van der Waals surface area contributed by atoms with E-state index in [0.29, 0.717) is 43.0 Å². The zero-order valence-corrected chi connectivity index (χ0v) is 18.9. The van der Waals surface area contributed by atoms with Crippen molar-refractivity contribution in [3.8, 4) is 0 Å². The number of sulfonamides is 1. The van der Waals surface area contributed by atoms with E-state index in [1.165, 1.54) is 18.4 Å². The second-order valence-electron chi connectivity index (χ2n) is 8.51. The molecule has 0 saturated carbocycles. The Morgan fingerprint density at radius 2 is 1.94 bits per heavy atom. The Balaban J connectivity index is 1.33. The maximum absolute atomic E-state index is 12.9. The molecule has 0 bridgehead atoms. The Kier molecular flexibility index (Phi) is 7.07. The molecule has 1 saturated heterocycles. The number of piperidine rings is 1. The second-order valence-corrected chi connectivity index (χ2v) is 10.4. The van der Waals surface area contributed by atoms with Crippen LogP contribution in [0.3, 0.4) is 0 Å². The zero-order valence-electron chi connectivity index (χ0n) is 18.1. The predicted molar refractivity (Wildman–Crippen MR) is 121 cm³/mol. The highest BCUT2D eigenvalue weighted by atomic mass is 32.2. The van der Waals surface area contributed by atoms with Crippen LogP contribution in [0.25, 0.3) is 11.0 Å². The molecule has 1 aliphatic carbocycles. The lowest BCUT2D eigenvalue weighted by molar-refractivity contribution is -0.121. The summed E-state index contributed by atoms with van der Waals surface area (Å²) in [5.41, 5.74) is 2.95. The molecule has 4 rings (SSSR count). The van der Waals surface area contributed by atoms with E-state index in [1.807, 2.05) is 4.57 Å². The summed E-state index contributed by atoms with van der Waals surface area (Å²) in [6.45, 7) is 2.37. The van der Waals surface area contributed by atoms with Crippen LogP contribution in [-0.2, 0) is 21.4 Å². The van der Waals surface area contributed by atoms with Crippen molar-refractivity contribution in [2.24, 2.45) is 0 Å². The lowest BCUT2D eigenvalue weighted by Gasteiger charge is -2.25. The molecule has 2 aliphatic rings. The molecule has 1 aliphatic heterocycles. The Morgan fingerprint density at radius 1 is 1.10 bits per heavy atom. The first-order valence-electron chi connectivity index (χ1n) is 11.4. The number of amides is 1. The lowest BCUT2D eigenvalue weighted by atomic mass is 9.97. The largest absolute Gasteiger partial charge is 0.356 e. The van der Waals surface area contributed by atoms with Gasteiger partial charge in [-0.05, 0) is 63.1 Å². The molecular weight excluding hydrogens is 412 g/mol. The summed E-state index contributed by atoms with van der Waals surface area (Å²) in [4.78, 5) is 16.9. The third kappa shape index (κ3) is 5.36. The van der Waals surface area contributed by atoms with E-state index in [-0.39, 0.29) is 5.91 Å². The van der Waals surface area contributed by atoms with Crippen LogP contribution in [0.5, 0.6) is 0 Å². The summed E-state index contributed by atoms with van der Waals surface area (Å²) in [7, 11) is -3.47. The van der Waals surface area contributed by atoms with Crippen LogP contribution in [-0.4, -0.2) is 47.8 Å². The van der Waals surface area contributed by atoms with Crippen molar-refractivity contribution < 1.29 is 13.2 Å². The molecule has 1 amide bonds. The zero-order chi connectivity index (χ0) is 21.7. The van der Waals surface area contributed by atoms with Crippen molar-refractivity contribution >= 4 is 27.0 Å².